The third-order valence-electron chi connectivity index (χ3n) is 5.80. The molecule has 2 atom stereocenters. The number of carboxylic acids is 1. The summed E-state index contributed by atoms with van der Waals surface area (Å²) < 4.78 is 13.2. The average Bonchev–Trinajstić information content (AvgIpc) is 2.53. The number of carbonyl (C=O) groups is 2. The van der Waals surface area contributed by atoms with Crippen LogP contribution in [0.5, 0.6) is 0 Å². The topological polar surface area (TPSA) is 66.4 Å². The molecule has 0 saturated heterocycles. The van der Waals surface area contributed by atoms with Gasteiger partial charge in [0.05, 0.1) is 11.8 Å². The van der Waals surface area contributed by atoms with Crippen LogP contribution in [0.3, 0.4) is 0 Å². The molecule has 2 fully saturated rings. The first kappa shape index (κ1) is 16.9. The van der Waals surface area contributed by atoms with Crippen LogP contribution in [-0.2, 0) is 15.0 Å². The molecule has 0 spiro atoms. The van der Waals surface area contributed by atoms with Gasteiger partial charge in [0.15, 0.2) is 0 Å². The lowest BCUT2D eigenvalue weighted by molar-refractivity contribution is -0.152. The normalized spacial score (nSPS) is 25.5. The highest BCUT2D eigenvalue weighted by Gasteiger charge is 2.42. The first-order valence-electron chi connectivity index (χ1n) is 8.78. The Morgan fingerprint density at radius 2 is 1.71 bits per heavy atom. The number of hydrogen-bond donors (Lipinski definition) is 2. The molecule has 3 rings (SSSR count). The lowest BCUT2D eigenvalue weighted by Gasteiger charge is -2.39. The average molecular weight is 333 g/mol. The van der Waals surface area contributed by atoms with Gasteiger partial charge >= 0.3 is 5.97 Å². The fourth-order valence-electron chi connectivity index (χ4n) is 4.10. The SMILES string of the molecule is O=C(O)C1CCC1C(=O)NCC1(c2ccc(F)cc2)CCCCC1. The maximum absolute atomic E-state index is 13.2. The van der Waals surface area contributed by atoms with Crippen molar-refractivity contribution in [1.29, 1.82) is 0 Å². The Kier molecular flexibility index (Phi) is 4.88. The predicted molar refractivity (Wildman–Crippen MR) is 88.0 cm³/mol. The summed E-state index contributed by atoms with van der Waals surface area (Å²) in [7, 11) is 0. The van der Waals surface area contributed by atoms with Crippen LogP contribution in [0.1, 0.15) is 50.5 Å². The van der Waals surface area contributed by atoms with Gasteiger partial charge in [-0.1, -0.05) is 31.4 Å². The van der Waals surface area contributed by atoms with Crippen molar-refractivity contribution in [3.63, 3.8) is 0 Å². The van der Waals surface area contributed by atoms with Gasteiger partial charge in [-0.2, -0.15) is 0 Å². The second-order valence-electron chi connectivity index (χ2n) is 7.19. The monoisotopic (exact) mass is 333 g/mol. The third-order valence-corrected chi connectivity index (χ3v) is 5.80. The van der Waals surface area contributed by atoms with Crippen LogP contribution in [0, 0.1) is 17.7 Å². The largest absolute Gasteiger partial charge is 0.481 e. The minimum atomic E-state index is -0.882. The Morgan fingerprint density at radius 3 is 2.25 bits per heavy atom. The van der Waals surface area contributed by atoms with E-state index in [-0.39, 0.29) is 17.1 Å². The maximum Gasteiger partial charge on any atom is 0.307 e. The fourth-order valence-corrected chi connectivity index (χ4v) is 4.10. The minimum absolute atomic E-state index is 0.152. The molecule has 0 bridgehead atoms. The molecule has 0 aliphatic heterocycles. The quantitative estimate of drug-likeness (QED) is 0.869. The highest BCUT2D eigenvalue weighted by atomic mass is 19.1. The summed E-state index contributed by atoms with van der Waals surface area (Å²) in [6, 6.07) is 6.58. The van der Waals surface area contributed by atoms with Gasteiger partial charge in [-0.05, 0) is 43.4 Å². The van der Waals surface area contributed by atoms with E-state index in [1.165, 1.54) is 18.6 Å². The number of carboxylic acid groups (broad SMARTS) is 1. The second kappa shape index (κ2) is 6.91. The highest BCUT2D eigenvalue weighted by Crippen LogP contribution is 2.40. The van der Waals surface area contributed by atoms with Gasteiger partial charge in [-0.3, -0.25) is 9.59 Å². The Labute approximate surface area is 141 Å². The third kappa shape index (κ3) is 3.30. The molecule has 24 heavy (non-hydrogen) atoms. The van der Waals surface area contributed by atoms with Gasteiger partial charge < -0.3 is 10.4 Å². The molecule has 1 aromatic carbocycles. The molecule has 0 heterocycles. The summed E-state index contributed by atoms with van der Waals surface area (Å²) in [6.45, 7) is 0.500. The molecule has 1 amide bonds. The zero-order valence-electron chi connectivity index (χ0n) is 13.8. The van der Waals surface area contributed by atoms with Gasteiger partial charge in [0, 0.05) is 12.0 Å². The Hall–Kier alpha value is -1.91. The van der Waals surface area contributed by atoms with E-state index in [1.54, 1.807) is 0 Å². The van der Waals surface area contributed by atoms with Crippen molar-refractivity contribution >= 4 is 11.9 Å². The van der Waals surface area contributed by atoms with Crippen molar-refractivity contribution in [3.8, 4) is 0 Å². The number of carbonyl (C=O) groups excluding carboxylic acids is 1. The van der Waals surface area contributed by atoms with E-state index in [2.05, 4.69) is 5.32 Å². The van der Waals surface area contributed by atoms with Crippen molar-refractivity contribution < 1.29 is 19.1 Å². The van der Waals surface area contributed by atoms with E-state index < -0.39 is 17.8 Å². The van der Waals surface area contributed by atoms with Crippen LogP contribution < -0.4 is 5.32 Å². The van der Waals surface area contributed by atoms with Crippen LogP contribution in [0.2, 0.25) is 0 Å². The molecule has 4 nitrogen and oxygen atoms in total. The number of rotatable bonds is 5. The molecule has 130 valence electrons. The molecular weight excluding hydrogens is 309 g/mol. The zero-order valence-corrected chi connectivity index (χ0v) is 13.8. The smallest absolute Gasteiger partial charge is 0.307 e. The lowest BCUT2D eigenvalue weighted by Crippen LogP contribution is -2.48. The first-order chi connectivity index (χ1) is 11.5. The molecule has 5 heteroatoms. The molecule has 0 aromatic heterocycles. The van der Waals surface area contributed by atoms with E-state index in [0.717, 1.165) is 31.2 Å². The standard InChI is InChI=1S/C19H24FNO3/c20-14-6-4-13(5-7-14)19(10-2-1-3-11-19)12-21-17(22)15-8-9-16(15)18(23)24/h4-7,15-16H,1-3,8-12H2,(H,21,22)(H,23,24). The van der Waals surface area contributed by atoms with Crippen molar-refractivity contribution in [3.05, 3.63) is 35.6 Å². The van der Waals surface area contributed by atoms with Crippen LogP contribution >= 0.6 is 0 Å². The highest BCUT2D eigenvalue weighted by molar-refractivity contribution is 5.86. The Bertz CT molecular complexity index is 608. The van der Waals surface area contributed by atoms with Crippen molar-refractivity contribution in [2.24, 2.45) is 11.8 Å². The molecule has 0 radical (unpaired) electrons. The number of amides is 1. The Morgan fingerprint density at radius 1 is 1.08 bits per heavy atom. The van der Waals surface area contributed by atoms with E-state index in [0.29, 0.717) is 19.4 Å². The predicted octanol–water partition coefficient (Wildman–Crippen LogP) is 3.25. The number of hydrogen-bond acceptors (Lipinski definition) is 2. The maximum atomic E-state index is 13.2. The van der Waals surface area contributed by atoms with E-state index in [4.69, 9.17) is 5.11 Å². The summed E-state index contributed by atoms with van der Waals surface area (Å²) in [5.41, 5.74) is 0.900. The van der Waals surface area contributed by atoms with Crippen LogP contribution in [0.15, 0.2) is 24.3 Å². The first-order valence-corrected chi connectivity index (χ1v) is 8.78. The van der Waals surface area contributed by atoms with Gasteiger partial charge in [0.2, 0.25) is 5.91 Å². The van der Waals surface area contributed by atoms with Crippen molar-refractivity contribution in [1.82, 2.24) is 5.32 Å². The van der Waals surface area contributed by atoms with E-state index in [1.807, 2.05) is 12.1 Å². The van der Waals surface area contributed by atoms with Crippen molar-refractivity contribution in [2.75, 3.05) is 6.54 Å². The summed E-state index contributed by atoms with van der Waals surface area (Å²) >= 11 is 0. The molecule has 1 aromatic rings. The zero-order chi connectivity index (χ0) is 17.2. The molecule has 2 N–H and O–H groups in total. The van der Waals surface area contributed by atoms with Gasteiger partial charge in [0.1, 0.15) is 5.82 Å². The molecular formula is C19H24FNO3. The summed E-state index contributed by atoms with van der Waals surface area (Å²) in [5.74, 6) is -2.24. The molecule has 2 unspecified atom stereocenters. The van der Waals surface area contributed by atoms with E-state index in [9.17, 15) is 14.0 Å². The fraction of sp³-hybridized carbons (Fsp3) is 0.579. The summed E-state index contributed by atoms with van der Waals surface area (Å²) in [6.07, 6.45) is 6.52. The number of nitrogens with one attached hydrogen (secondary N) is 1. The Balaban J connectivity index is 1.70. The summed E-state index contributed by atoms with van der Waals surface area (Å²) in [5, 5.41) is 12.1. The van der Waals surface area contributed by atoms with Crippen LogP contribution in [0.25, 0.3) is 0 Å². The number of halogens is 1. The van der Waals surface area contributed by atoms with Crippen LogP contribution in [-0.4, -0.2) is 23.5 Å². The van der Waals surface area contributed by atoms with Crippen molar-refractivity contribution in [2.45, 2.75) is 50.4 Å². The van der Waals surface area contributed by atoms with Gasteiger partial charge in [-0.25, -0.2) is 4.39 Å². The lowest BCUT2D eigenvalue weighted by atomic mass is 9.69. The van der Waals surface area contributed by atoms with Crippen LogP contribution in [0.4, 0.5) is 4.39 Å². The second-order valence-corrected chi connectivity index (χ2v) is 7.19. The van der Waals surface area contributed by atoms with Gasteiger partial charge in [0.25, 0.3) is 0 Å². The molecule has 2 saturated carbocycles. The number of aliphatic carboxylic acids is 1. The number of benzene rings is 1. The minimum Gasteiger partial charge on any atom is -0.481 e. The van der Waals surface area contributed by atoms with E-state index >= 15 is 0 Å². The summed E-state index contributed by atoms with van der Waals surface area (Å²) in [4.78, 5) is 23.5. The molecule has 2 aliphatic rings. The molecule has 2 aliphatic carbocycles. The van der Waals surface area contributed by atoms with Gasteiger partial charge in [-0.15, -0.1) is 0 Å².